The maximum atomic E-state index is 13.5. The Labute approximate surface area is 234 Å². The summed E-state index contributed by atoms with van der Waals surface area (Å²) in [6.45, 7) is 2.29. The minimum Gasteiger partial charge on any atom is -0.497 e. The fraction of sp³-hybridized carbons (Fsp3) is 0.355. The number of carbonyl (C=O) groups excluding carboxylic acids is 2. The molecule has 40 heavy (non-hydrogen) atoms. The third-order valence-corrected chi connectivity index (χ3v) is 7.25. The Balaban J connectivity index is 1.61. The van der Waals surface area contributed by atoms with E-state index in [2.05, 4.69) is 16.3 Å². The zero-order valence-electron chi connectivity index (χ0n) is 23.0. The van der Waals surface area contributed by atoms with Crippen molar-refractivity contribution < 1.29 is 23.5 Å². The van der Waals surface area contributed by atoms with E-state index >= 15 is 0 Å². The average molecular weight is 549 g/mol. The molecule has 0 bridgehead atoms. The van der Waals surface area contributed by atoms with Crippen LogP contribution in [0.5, 0.6) is 11.5 Å². The van der Waals surface area contributed by atoms with Gasteiger partial charge in [-0.1, -0.05) is 24.3 Å². The van der Waals surface area contributed by atoms with Gasteiger partial charge >= 0.3 is 0 Å². The first kappa shape index (κ1) is 29.0. The van der Waals surface area contributed by atoms with Crippen LogP contribution in [0, 0.1) is 5.82 Å². The van der Waals surface area contributed by atoms with Crippen LogP contribution >= 0.6 is 0 Å². The number of ether oxygens (including phenoxy) is 2. The summed E-state index contributed by atoms with van der Waals surface area (Å²) in [5, 5.41) is 2.87. The summed E-state index contributed by atoms with van der Waals surface area (Å²) in [6.07, 6.45) is 1.12. The monoisotopic (exact) mass is 548 g/mol. The predicted octanol–water partition coefficient (Wildman–Crippen LogP) is 3.59. The highest BCUT2D eigenvalue weighted by Crippen LogP contribution is 2.28. The third-order valence-electron chi connectivity index (χ3n) is 7.25. The summed E-state index contributed by atoms with van der Waals surface area (Å²) in [6, 6.07) is 20.6. The van der Waals surface area contributed by atoms with Crippen LogP contribution in [0.15, 0.2) is 72.8 Å². The average Bonchev–Trinajstić information content (AvgIpc) is 2.99. The highest BCUT2D eigenvalue weighted by molar-refractivity contribution is 5.97. The smallest absolute Gasteiger partial charge is 0.254 e. The number of nitrogens with zero attached hydrogens (tertiary/aromatic N) is 2. The van der Waals surface area contributed by atoms with Gasteiger partial charge in [-0.3, -0.25) is 14.5 Å². The van der Waals surface area contributed by atoms with E-state index in [1.807, 2.05) is 42.5 Å². The highest BCUT2D eigenvalue weighted by atomic mass is 19.1. The van der Waals surface area contributed by atoms with Gasteiger partial charge in [-0.05, 0) is 72.5 Å². The van der Waals surface area contributed by atoms with Crippen molar-refractivity contribution in [2.75, 3.05) is 33.9 Å². The summed E-state index contributed by atoms with van der Waals surface area (Å²) >= 11 is 0. The number of likely N-dealkylation sites (tertiary alicyclic amines) is 1. The lowest BCUT2D eigenvalue weighted by atomic mass is 9.93. The van der Waals surface area contributed by atoms with Crippen molar-refractivity contribution in [3.63, 3.8) is 0 Å². The molecule has 2 atom stereocenters. The van der Waals surface area contributed by atoms with Crippen LogP contribution in [-0.4, -0.2) is 67.6 Å². The van der Waals surface area contributed by atoms with E-state index in [-0.39, 0.29) is 17.9 Å². The maximum absolute atomic E-state index is 13.5. The SMILES string of the molecule is COc1ccc(CN(Cc2cccc(OC)c2)C2CCN(C(=O)c3ccc(F)cc3)[C@@H](C(=O)NCCN)C2)cc1. The molecule has 1 aliphatic heterocycles. The molecular weight excluding hydrogens is 511 g/mol. The van der Waals surface area contributed by atoms with Gasteiger partial charge in [0.2, 0.25) is 5.91 Å². The molecule has 3 N–H and O–H groups in total. The summed E-state index contributed by atoms with van der Waals surface area (Å²) in [4.78, 5) is 30.7. The van der Waals surface area contributed by atoms with Gasteiger partial charge in [0.05, 0.1) is 14.2 Å². The molecule has 4 rings (SSSR count). The lowest BCUT2D eigenvalue weighted by molar-refractivity contribution is -0.127. The topological polar surface area (TPSA) is 97.1 Å². The molecule has 1 heterocycles. The number of methoxy groups -OCH3 is 2. The fourth-order valence-electron chi connectivity index (χ4n) is 5.13. The molecule has 212 valence electrons. The van der Waals surface area contributed by atoms with Crippen LogP contribution in [0.4, 0.5) is 4.39 Å². The Morgan fingerprint density at radius 2 is 1.68 bits per heavy atom. The first-order valence-electron chi connectivity index (χ1n) is 13.5. The zero-order chi connectivity index (χ0) is 28.5. The lowest BCUT2D eigenvalue weighted by Gasteiger charge is -2.43. The predicted molar refractivity (Wildman–Crippen MR) is 152 cm³/mol. The lowest BCUT2D eigenvalue weighted by Crippen LogP contribution is -2.57. The third kappa shape index (κ3) is 7.37. The standard InChI is InChI=1S/C31H37FN4O4/c1-39-27-12-6-22(7-13-27)20-35(21-23-4-3-5-28(18-23)40-2)26-14-17-36(29(19-26)30(37)34-16-15-33)31(38)24-8-10-25(32)11-9-24/h3-13,18,26,29H,14-17,19-21,33H2,1-2H3,(H,34,37)/t26?,29-/m1/s1. The number of benzene rings is 3. The minimum atomic E-state index is -0.688. The van der Waals surface area contributed by atoms with E-state index in [4.69, 9.17) is 15.2 Å². The van der Waals surface area contributed by atoms with Crippen molar-refractivity contribution in [2.24, 2.45) is 5.73 Å². The second-order valence-corrected chi connectivity index (χ2v) is 9.88. The van der Waals surface area contributed by atoms with Crippen LogP contribution in [0.1, 0.15) is 34.3 Å². The molecule has 0 spiro atoms. The second kappa shape index (κ2) is 13.9. The normalized spacial score (nSPS) is 17.0. The summed E-state index contributed by atoms with van der Waals surface area (Å²) in [5.74, 6) is 0.615. The van der Waals surface area contributed by atoms with Crippen molar-refractivity contribution in [1.29, 1.82) is 0 Å². The molecule has 1 fully saturated rings. The van der Waals surface area contributed by atoms with Crippen LogP contribution in [0.2, 0.25) is 0 Å². The van der Waals surface area contributed by atoms with E-state index in [1.165, 1.54) is 24.3 Å². The first-order chi connectivity index (χ1) is 19.4. The Hall–Kier alpha value is -3.95. The number of rotatable bonds is 11. The maximum Gasteiger partial charge on any atom is 0.254 e. The number of hydrogen-bond donors (Lipinski definition) is 2. The number of piperidine rings is 1. The molecule has 0 aliphatic carbocycles. The van der Waals surface area contributed by atoms with Crippen molar-refractivity contribution in [1.82, 2.24) is 15.1 Å². The second-order valence-electron chi connectivity index (χ2n) is 9.88. The Morgan fingerprint density at radius 1 is 0.975 bits per heavy atom. The Kier molecular flexibility index (Phi) is 10.1. The van der Waals surface area contributed by atoms with Gasteiger partial charge in [-0.2, -0.15) is 0 Å². The minimum absolute atomic E-state index is 0.0131. The van der Waals surface area contributed by atoms with E-state index in [9.17, 15) is 14.0 Å². The van der Waals surface area contributed by atoms with E-state index in [1.54, 1.807) is 19.1 Å². The van der Waals surface area contributed by atoms with Crippen LogP contribution in [-0.2, 0) is 17.9 Å². The number of carbonyl (C=O) groups is 2. The highest BCUT2D eigenvalue weighted by Gasteiger charge is 2.38. The zero-order valence-corrected chi connectivity index (χ0v) is 23.0. The van der Waals surface area contributed by atoms with Crippen LogP contribution in [0.25, 0.3) is 0 Å². The van der Waals surface area contributed by atoms with Gasteiger partial charge in [0.25, 0.3) is 5.91 Å². The van der Waals surface area contributed by atoms with Crippen molar-refractivity contribution in [3.05, 3.63) is 95.3 Å². The Bertz CT molecular complexity index is 1270. The van der Waals surface area contributed by atoms with Crippen molar-refractivity contribution in [2.45, 2.75) is 38.0 Å². The van der Waals surface area contributed by atoms with Gasteiger partial charge in [0, 0.05) is 44.3 Å². The molecule has 1 saturated heterocycles. The van der Waals surface area contributed by atoms with E-state index < -0.39 is 11.9 Å². The van der Waals surface area contributed by atoms with Gasteiger partial charge in [-0.15, -0.1) is 0 Å². The van der Waals surface area contributed by atoms with Gasteiger partial charge in [-0.25, -0.2) is 4.39 Å². The molecule has 0 aromatic heterocycles. The number of nitrogens with one attached hydrogen (secondary N) is 1. The van der Waals surface area contributed by atoms with Crippen LogP contribution in [0.3, 0.4) is 0 Å². The molecule has 3 aromatic carbocycles. The summed E-state index contributed by atoms with van der Waals surface area (Å²) in [5.41, 5.74) is 8.18. The Morgan fingerprint density at radius 3 is 2.35 bits per heavy atom. The van der Waals surface area contributed by atoms with Gasteiger partial charge in [0.1, 0.15) is 23.4 Å². The quantitative estimate of drug-likeness (QED) is 0.380. The van der Waals surface area contributed by atoms with Crippen molar-refractivity contribution in [3.8, 4) is 11.5 Å². The first-order valence-corrected chi connectivity index (χ1v) is 13.5. The summed E-state index contributed by atoms with van der Waals surface area (Å²) < 4.78 is 24.3. The van der Waals surface area contributed by atoms with E-state index in [0.29, 0.717) is 51.1 Å². The molecule has 3 aromatic rings. The molecule has 0 radical (unpaired) electrons. The molecule has 1 unspecified atom stereocenters. The molecule has 1 aliphatic rings. The summed E-state index contributed by atoms with van der Waals surface area (Å²) in [7, 11) is 3.29. The van der Waals surface area contributed by atoms with Gasteiger partial charge in [0.15, 0.2) is 0 Å². The molecular formula is C31H37FN4O4. The van der Waals surface area contributed by atoms with E-state index in [0.717, 1.165) is 22.6 Å². The molecule has 9 heteroatoms. The number of amides is 2. The fourth-order valence-corrected chi connectivity index (χ4v) is 5.13. The number of hydrogen-bond acceptors (Lipinski definition) is 6. The van der Waals surface area contributed by atoms with Crippen molar-refractivity contribution >= 4 is 11.8 Å². The molecule has 0 saturated carbocycles. The number of halogens is 1. The largest absolute Gasteiger partial charge is 0.497 e. The van der Waals surface area contributed by atoms with Gasteiger partial charge < -0.3 is 25.4 Å². The molecule has 8 nitrogen and oxygen atoms in total. The number of nitrogens with two attached hydrogens (primary N) is 1. The van der Waals surface area contributed by atoms with Crippen LogP contribution < -0.4 is 20.5 Å². The molecule has 2 amide bonds.